The Morgan fingerprint density at radius 1 is 0.830 bits per heavy atom. The Morgan fingerprint density at radius 3 is 2.11 bits per heavy atom. The Morgan fingerprint density at radius 2 is 1.49 bits per heavy atom. The van der Waals surface area contributed by atoms with Gasteiger partial charge in [0, 0.05) is 28.5 Å². The van der Waals surface area contributed by atoms with Crippen molar-refractivity contribution in [2.24, 2.45) is 0 Å². The summed E-state index contributed by atoms with van der Waals surface area (Å²) in [6.07, 6.45) is 0.141. The Bertz CT molecular complexity index is 1850. The Hall–Kier alpha value is -3.27. The minimum atomic E-state index is -4.36. The lowest BCUT2D eigenvalue weighted by molar-refractivity contribution is -0.140. The molecule has 0 saturated carbocycles. The largest absolute Gasteiger partial charge is 0.350 e. The standard InChI is InChI=1S/C35H35Cl4N3O4S/c1-23-13-17-27(18-14-23)47(45,46)42(30-12-8-11-28(37)33(30)39)22-32(43)41(21-25-15-16-26(36)20-29(25)38)31(34(44)40-35(2,3)4)19-24-9-6-5-7-10-24/h5-18,20,31H,19,21-22H2,1-4H3,(H,40,44). The van der Waals surface area contributed by atoms with Gasteiger partial charge >= 0.3 is 0 Å². The number of halogens is 4. The summed E-state index contributed by atoms with van der Waals surface area (Å²) in [6.45, 7) is 6.53. The lowest BCUT2D eigenvalue weighted by Crippen LogP contribution is -2.56. The number of sulfonamides is 1. The van der Waals surface area contributed by atoms with Gasteiger partial charge in [-0.25, -0.2) is 8.42 Å². The lowest BCUT2D eigenvalue weighted by atomic mass is 10.0. The zero-order valence-electron chi connectivity index (χ0n) is 26.3. The summed E-state index contributed by atoms with van der Waals surface area (Å²) in [7, 11) is -4.36. The van der Waals surface area contributed by atoms with Crippen molar-refractivity contribution in [2.75, 3.05) is 10.8 Å². The first kappa shape index (κ1) is 36.6. The Labute approximate surface area is 296 Å². The normalized spacial score (nSPS) is 12.3. The van der Waals surface area contributed by atoms with Crippen molar-refractivity contribution < 1.29 is 18.0 Å². The number of nitrogens with zero attached hydrogens (tertiary/aromatic N) is 2. The molecule has 0 bridgehead atoms. The van der Waals surface area contributed by atoms with E-state index in [-0.39, 0.29) is 38.6 Å². The minimum absolute atomic E-state index is 0.0105. The lowest BCUT2D eigenvalue weighted by Gasteiger charge is -2.35. The SMILES string of the molecule is Cc1ccc(S(=O)(=O)N(CC(=O)N(Cc2ccc(Cl)cc2Cl)C(Cc2ccccc2)C(=O)NC(C)(C)C)c2cccc(Cl)c2Cl)cc1. The first-order chi connectivity index (χ1) is 22.1. The van der Waals surface area contributed by atoms with Crippen LogP contribution >= 0.6 is 46.4 Å². The van der Waals surface area contributed by atoms with Crippen molar-refractivity contribution in [3.8, 4) is 0 Å². The predicted octanol–water partition coefficient (Wildman–Crippen LogP) is 8.36. The van der Waals surface area contributed by atoms with Crippen LogP contribution in [-0.2, 0) is 32.6 Å². The van der Waals surface area contributed by atoms with E-state index in [4.69, 9.17) is 46.4 Å². The average Bonchev–Trinajstić information content (AvgIpc) is 3.00. The molecular formula is C35H35Cl4N3O4S. The second-order valence-corrected chi connectivity index (χ2v) is 15.6. The summed E-state index contributed by atoms with van der Waals surface area (Å²) in [5.74, 6) is -1.10. The highest BCUT2D eigenvalue weighted by Gasteiger charge is 2.36. The maximum absolute atomic E-state index is 14.6. The molecule has 248 valence electrons. The fourth-order valence-electron chi connectivity index (χ4n) is 4.88. The van der Waals surface area contributed by atoms with Crippen molar-refractivity contribution in [1.29, 1.82) is 0 Å². The van der Waals surface area contributed by atoms with E-state index >= 15 is 0 Å². The van der Waals surface area contributed by atoms with Crippen molar-refractivity contribution in [1.82, 2.24) is 10.2 Å². The van der Waals surface area contributed by atoms with Crippen molar-refractivity contribution in [2.45, 2.75) is 57.1 Å². The highest BCUT2D eigenvalue weighted by atomic mass is 35.5. The van der Waals surface area contributed by atoms with Gasteiger partial charge in [-0.05, 0) is 75.2 Å². The number of aryl methyl sites for hydroxylation is 1. The van der Waals surface area contributed by atoms with Gasteiger partial charge in [-0.3, -0.25) is 13.9 Å². The molecule has 0 aliphatic heterocycles. The molecule has 0 radical (unpaired) electrons. The van der Waals surface area contributed by atoms with E-state index in [0.717, 1.165) is 15.4 Å². The zero-order valence-corrected chi connectivity index (χ0v) is 30.1. The number of rotatable bonds is 11. The quantitative estimate of drug-likeness (QED) is 0.168. The molecule has 1 unspecified atom stereocenters. The fraction of sp³-hybridized carbons (Fsp3) is 0.257. The van der Waals surface area contributed by atoms with Gasteiger partial charge in [-0.15, -0.1) is 0 Å². The summed E-state index contributed by atoms with van der Waals surface area (Å²) in [6, 6.07) is 23.8. The molecule has 0 fully saturated rings. The third-order valence-electron chi connectivity index (χ3n) is 7.21. The van der Waals surface area contributed by atoms with E-state index in [9.17, 15) is 18.0 Å². The molecule has 1 atom stereocenters. The summed E-state index contributed by atoms with van der Waals surface area (Å²) in [5.41, 5.74) is 1.54. The van der Waals surface area contributed by atoms with Crippen molar-refractivity contribution in [3.05, 3.63) is 128 Å². The molecule has 0 heterocycles. The summed E-state index contributed by atoms with van der Waals surface area (Å²) in [5, 5.41) is 3.73. The second-order valence-electron chi connectivity index (χ2n) is 12.1. The number of nitrogens with one attached hydrogen (secondary N) is 1. The molecule has 0 aliphatic carbocycles. The molecule has 1 N–H and O–H groups in total. The van der Waals surface area contributed by atoms with E-state index in [1.165, 1.54) is 29.2 Å². The van der Waals surface area contributed by atoms with E-state index < -0.39 is 40.0 Å². The molecule has 47 heavy (non-hydrogen) atoms. The molecular weight excluding hydrogens is 700 g/mol. The van der Waals surface area contributed by atoms with Crippen LogP contribution in [0.5, 0.6) is 0 Å². The molecule has 4 aromatic rings. The molecule has 0 spiro atoms. The number of carbonyl (C=O) groups is 2. The van der Waals surface area contributed by atoms with Gasteiger partial charge in [0.25, 0.3) is 10.0 Å². The molecule has 4 aromatic carbocycles. The molecule has 0 saturated heterocycles. The summed E-state index contributed by atoms with van der Waals surface area (Å²) in [4.78, 5) is 29.9. The molecule has 7 nitrogen and oxygen atoms in total. The average molecular weight is 736 g/mol. The van der Waals surface area contributed by atoms with Crippen LogP contribution in [0.2, 0.25) is 20.1 Å². The van der Waals surface area contributed by atoms with E-state index in [1.54, 1.807) is 36.4 Å². The number of hydrogen-bond donors (Lipinski definition) is 1. The van der Waals surface area contributed by atoms with Crippen LogP contribution in [0.3, 0.4) is 0 Å². The number of carbonyl (C=O) groups excluding carboxylic acids is 2. The highest BCUT2D eigenvalue weighted by molar-refractivity contribution is 7.92. The smallest absolute Gasteiger partial charge is 0.264 e. The molecule has 0 aromatic heterocycles. The highest BCUT2D eigenvalue weighted by Crippen LogP contribution is 2.36. The van der Waals surface area contributed by atoms with Crippen LogP contribution in [0.25, 0.3) is 0 Å². The van der Waals surface area contributed by atoms with E-state index in [1.807, 2.05) is 58.0 Å². The first-order valence-corrected chi connectivity index (χ1v) is 17.6. The van der Waals surface area contributed by atoms with Crippen LogP contribution in [0, 0.1) is 6.92 Å². The minimum Gasteiger partial charge on any atom is -0.350 e. The van der Waals surface area contributed by atoms with Gasteiger partial charge in [-0.2, -0.15) is 0 Å². The molecule has 2 amide bonds. The van der Waals surface area contributed by atoms with E-state index in [0.29, 0.717) is 10.6 Å². The van der Waals surface area contributed by atoms with Gasteiger partial charge < -0.3 is 10.2 Å². The maximum atomic E-state index is 14.6. The molecule has 0 aliphatic rings. The van der Waals surface area contributed by atoms with Crippen LogP contribution in [-0.4, -0.2) is 43.3 Å². The van der Waals surface area contributed by atoms with E-state index in [2.05, 4.69) is 5.32 Å². The van der Waals surface area contributed by atoms with Crippen LogP contribution < -0.4 is 9.62 Å². The molecule has 4 rings (SSSR count). The second kappa shape index (κ2) is 15.3. The van der Waals surface area contributed by atoms with Crippen LogP contribution in [0.4, 0.5) is 5.69 Å². The number of anilines is 1. The topological polar surface area (TPSA) is 86.8 Å². The summed E-state index contributed by atoms with van der Waals surface area (Å²) < 4.78 is 29.4. The fourth-order valence-corrected chi connectivity index (χ4v) is 7.22. The van der Waals surface area contributed by atoms with Gasteiger partial charge in [0.05, 0.1) is 20.6 Å². The number of amides is 2. The predicted molar refractivity (Wildman–Crippen MR) is 191 cm³/mol. The summed E-state index contributed by atoms with van der Waals surface area (Å²) >= 11 is 25.6. The zero-order chi connectivity index (χ0) is 34.5. The van der Waals surface area contributed by atoms with Gasteiger partial charge in [0.15, 0.2) is 0 Å². The monoisotopic (exact) mass is 733 g/mol. The van der Waals surface area contributed by atoms with Gasteiger partial charge in [0.1, 0.15) is 12.6 Å². The van der Waals surface area contributed by atoms with Gasteiger partial charge in [0.2, 0.25) is 11.8 Å². The van der Waals surface area contributed by atoms with Crippen LogP contribution in [0.15, 0.2) is 95.9 Å². The third kappa shape index (κ3) is 9.42. The maximum Gasteiger partial charge on any atom is 0.264 e. The van der Waals surface area contributed by atoms with Crippen molar-refractivity contribution >= 4 is 73.9 Å². The Balaban J connectivity index is 1.87. The van der Waals surface area contributed by atoms with Crippen LogP contribution in [0.1, 0.15) is 37.5 Å². The Kier molecular flexibility index (Phi) is 11.9. The third-order valence-corrected chi connectivity index (χ3v) is 10.4. The number of benzene rings is 4. The molecule has 12 heteroatoms. The van der Waals surface area contributed by atoms with Crippen molar-refractivity contribution in [3.63, 3.8) is 0 Å². The van der Waals surface area contributed by atoms with Gasteiger partial charge in [-0.1, -0.05) is 107 Å². The first-order valence-electron chi connectivity index (χ1n) is 14.7. The number of hydrogen-bond acceptors (Lipinski definition) is 4.